The summed E-state index contributed by atoms with van der Waals surface area (Å²) in [5, 5.41) is 14.5. The quantitative estimate of drug-likeness (QED) is 0.872. The highest BCUT2D eigenvalue weighted by atomic mass is 35.5. The van der Waals surface area contributed by atoms with Gasteiger partial charge in [0.15, 0.2) is 0 Å². The molecule has 2 rings (SSSR count). The van der Waals surface area contributed by atoms with Crippen LogP contribution in [0.1, 0.15) is 44.0 Å². The van der Waals surface area contributed by atoms with Crippen LogP contribution in [0.4, 0.5) is 0 Å². The van der Waals surface area contributed by atoms with Gasteiger partial charge in [-0.15, -0.1) is 0 Å². The second-order valence-electron chi connectivity index (χ2n) is 5.32. The zero-order valence-corrected chi connectivity index (χ0v) is 12.7. The van der Waals surface area contributed by atoms with E-state index in [0.29, 0.717) is 12.6 Å². The summed E-state index contributed by atoms with van der Waals surface area (Å²) in [4.78, 5) is 2.36. The SMILES string of the molecule is CCc1nn(C)c(CN(CCO)C2CCCC2)c1Cl. The van der Waals surface area contributed by atoms with Crippen LogP contribution in [0.2, 0.25) is 5.02 Å². The van der Waals surface area contributed by atoms with Crippen LogP contribution in [-0.4, -0.2) is 39.0 Å². The smallest absolute Gasteiger partial charge is 0.0863 e. The Morgan fingerprint density at radius 2 is 2.11 bits per heavy atom. The summed E-state index contributed by atoms with van der Waals surface area (Å²) in [6.07, 6.45) is 5.92. The zero-order valence-electron chi connectivity index (χ0n) is 11.9. The minimum Gasteiger partial charge on any atom is -0.395 e. The molecule has 1 aliphatic carbocycles. The number of aliphatic hydroxyl groups is 1. The van der Waals surface area contributed by atoms with Gasteiger partial charge in [0.2, 0.25) is 0 Å². The lowest BCUT2D eigenvalue weighted by Crippen LogP contribution is -2.35. The largest absolute Gasteiger partial charge is 0.395 e. The Labute approximate surface area is 120 Å². The molecule has 5 heteroatoms. The van der Waals surface area contributed by atoms with E-state index >= 15 is 0 Å². The van der Waals surface area contributed by atoms with Crippen molar-refractivity contribution < 1.29 is 5.11 Å². The fourth-order valence-corrected chi connectivity index (χ4v) is 3.33. The first kappa shape index (κ1) is 14.8. The fraction of sp³-hybridized carbons (Fsp3) is 0.786. The van der Waals surface area contributed by atoms with E-state index in [1.54, 1.807) is 0 Å². The minimum absolute atomic E-state index is 0.201. The number of aliphatic hydroxyl groups excluding tert-OH is 1. The Kier molecular flexibility index (Phi) is 5.25. The lowest BCUT2D eigenvalue weighted by atomic mass is 10.2. The van der Waals surface area contributed by atoms with E-state index < -0.39 is 0 Å². The third kappa shape index (κ3) is 3.30. The Morgan fingerprint density at radius 1 is 1.42 bits per heavy atom. The number of halogens is 1. The van der Waals surface area contributed by atoms with Gasteiger partial charge < -0.3 is 5.11 Å². The summed E-state index contributed by atoms with van der Waals surface area (Å²) >= 11 is 6.41. The average molecular weight is 286 g/mol. The summed E-state index contributed by atoms with van der Waals surface area (Å²) in [6, 6.07) is 0.586. The van der Waals surface area contributed by atoms with Gasteiger partial charge >= 0.3 is 0 Å². The molecule has 0 spiro atoms. The molecule has 0 amide bonds. The summed E-state index contributed by atoms with van der Waals surface area (Å²) < 4.78 is 1.89. The monoisotopic (exact) mass is 285 g/mol. The molecule has 1 aromatic heterocycles. The molecular weight excluding hydrogens is 262 g/mol. The molecule has 0 atom stereocenters. The van der Waals surface area contributed by atoms with Crippen molar-refractivity contribution in [2.75, 3.05) is 13.2 Å². The normalized spacial score (nSPS) is 16.7. The van der Waals surface area contributed by atoms with E-state index in [4.69, 9.17) is 11.6 Å². The van der Waals surface area contributed by atoms with Crippen molar-refractivity contribution in [3.63, 3.8) is 0 Å². The molecule has 1 aliphatic rings. The van der Waals surface area contributed by atoms with Crippen molar-refractivity contribution in [3.05, 3.63) is 16.4 Å². The third-order valence-corrected chi connectivity index (χ3v) is 4.52. The highest BCUT2D eigenvalue weighted by Crippen LogP contribution is 2.27. The van der Waals surface area contributed by atoms with Crippen molar-refractivity contribution in [3.8, 4) is 0 Å². The van der Waals surface area contributed by atoms with Gasteiger partial charge in [-0.05, 0) is 19.3 Å². The molecule has 1 N–H and O–H groups in total. The van der Waals surface area contributed by atoms with Crippen LogP contribution < -0.4 is 0 Å². The van der Waals surface area contributed by atoms with Crippen molar-refractivity contribution >= 4 is 11.6 Å². The van der Waals surface area contributed by atoms with Crippen LogP contribution >= 0.6 is 11.6 Å². The zero-order chi connectivity index (χ0) is 13.8. The van der Waals surface area contributed by atoms with Crippen molar-refractivity contribution in [1.29, 1.82) is 0 Å². The maximum absolute atomic E-state index is 9.27. The van der Waals surface area contributed by atoms with Crippen molar-refractivity contribution in [2.45, 2.75) is 51.6 Å². The molecular formula is C14H24ClN3O. The van der Waals surface area contributed by atoms with Gasteiger partial charge in [-0.25, -0.2) is 0 Å². The first-order valence-electron chi connectivity index (χ1n) is 7.22. The van der Waals surface area contributed by atoms with E-state index in [9.17, 15) is 5.11 Å². The van der Waals surface area contributed by atoms with E-state index in [1.807, 2.05) is 11.7 Å². The molecule has 0 radical (unpaired) electrons. The molecule has 1 aromatic rings. The molecule has 1 fully saturated rings. The third-order valence-electron chi connectivity index (χ3n) is 4.08. The highest BCUT2D eigenvalue weighted by Gasteiger charge is 2.24. The number of nitrogens with zero attached hydrogens (tertiary/aromatic N) is 3. The molecule has 0 aliphatic heterocycles. The van der Waals surface area contributed by atoms with Crippen LogP contribution in [0.5, 0.6) is 0 Å². The summed E-state index contributed by atoms with van der Waals surface area (Å²) in [5.41, 5.74) is 2.04. The number of hydrogen-bond donors (Lipinski definition) is 1. The standard InChI is InChI=1S/C14H24ClN3O/c1-3-12-14(15)13(17(2)16-12)10-18(8-9-19)11-6-4-5-7-11/h11,19H,3-10H2,1-2H3. The van der Waals surface area contributed by atoms with Crippen LogP contribution in [-0.2, 0) is 20.0 Å². The van der Waals surface area contributed by atoms with E-state index in [-0.39, 0.29) is 6.61 Å². The van der Waals surface area contributed by atoms with Gasteiger partial charge in [-0.3, -0.25) is 9.58 Å². The second-order valence-corrected chi connectivity index (χ2v) is 5.69. The van der Waals surface area contributed by atoms with Gasteiger partial charge in [-0.2, -0.15) is 5.10 Å². The molecule has 1 saturated carbocycles. The number of aryl methyl sites for hydroxylation is 2. The molecule has 0 aromatic carbocycles. The Balaban J connectivity index is 2.14. The van der Waals surface area contributed by atoms with Crippen LogP contribution in [0.15, 0.2) is 0 Å². The summed E-state index contributed by atoms with van der Waals surface area (Å²) in [6.45, 7) is 3.77. The van der Waals surface area contributed by atoms with Gasteiger partial charge in [0.05, 0.1) is 23.0 Å². The maximum Gasteiger partial charge on any atom is 0.0863 e. The first-order valence-corrected chi connectivity index (χ1v) is 7.60. The Bertz CT molecular complexity index is 413. The number of aromatic nitrogens is 2. The minimum atomic E-state index is 0.201. The molecule has 19 heavy (non-hydrogen) atoms. The molecule has 0 saturated heterocycles. The van der Waals surface area contributed by atoms with Gasteiger partial charge in [0.1, 0.15) is 0 Å². The van der Waals surface area contributed by atoms with Gasteiger partial charge in [-0.1, -0.05) is 31.4 Å². The lowest BCUT2D eigenvalue weighted by Gasteiger charge is -2.28. The topological polar surface area (TPSA) is 41.3 Å². The van der Waals surface area contributed by atoms with Crippen LogP contribution in [0.3, 0.4) is 0 Å². The molecule has 0 unspecified atom stereocenters. The number of rotatable bonds is 6. The predicted molar refractivity (Wildman–Crippen MR) is 77.3 cm³/mol. The van der Waals surface area contributed by atoms with Gasteiger partial charge in [0.25, 0.3) is 0 Å². The second kappa shape index (κ2) is 6.73. The van der Waals surface area contributed by atoms with Crippen molar-refractivity contribution in [1.82, 2.24) is 14.7 Å². The highest BCUT2D eigenvalue weighted by molar-refractivity contribution is 6.31. The molecule has 1 heterocycles. The first-order chi connectivity index (χ1) is 9.17. The van der Waals surface area contributed by atoms with Crippen LogP contribution in [0.25, 0.3) is 0 Å². The Hall–Kier alpha value is -0.580. The molecule has 108 valence electrons. The summed E-state index contributed by atoms with van der Waals surface area (Å²) in [7, 11) is 1.95. The predicted octanol–water partition coefficient (Wildman–Crippen LogP) is 2.37. The van der Waals surface area contributed by atoms with Crippen molar-refractivity contribution in [2.24, 2.45) is 7.05 Å². The Morgan fingerprint density at radius 3 is 2.63 bits per heavy atom. The molecule has 0 bridgehead atoms. The van der Waals surface area contributed by atoms with Gasteiger partial charge in [0, 0.05) is 26.2 Å². The lowest BCUT2D eigenvalue weighted by molar-refractivity contribution is 0.142. The fourth-order valence-electron chi connectivity index (χ4n) is 2.97. The van der Waals surface area contributed by atoms with E-state index in [1.165, 1.54) is 25.7 Å². The van der Waals surface area contributed by atoms with Crippen LogP contribution in [0, 0.1) is 0 Å². The maximum atomic E-state index is 9.27. The van der Waals surface area contributed by atoms with E-state index in [0.717, 1.165) is 29.4 Å². The average Bonchev–Trinajstić information content (AvgIpc) is 3.01. The molecule has 4 nitrogen and oxygen atoms in total. The number of hydrogen-bond acceptors (Lipinski definition) is 3. The summed E-state index contributed by atoms with van der Waals surface area (Å²) in [5.74, 6) is 0. The van der Waals surface area contributed by atoms with E-state index in [2.05, 4.69) is 16.9 Å².